The van der Waals surface area contributed by atoms with Gasteiger partial charge in [-0.05, 0) is 48.0 Å². The van der Waals surface area contributed by atoms with E-state index >= 15 is 0 Å². The highest BCUT2D eigenvalue weighted by Crippen LogP contribution is 2.20. The Morgan fingerprint density at radius 1 is 1.03 bits per heavy atom. The van der Waals surface area contributed by atoms with E-state index in [0.717, 1.165) is 11.1 Å². The van der Waals surface area contributed by atoms with Crippen LogP contribution in [0.25, 0.3) is 11.5 Å². The standard InChI is InChI=1S/C25H19N3O4/c26-14-13-17-7-9-19(10-8-17)32-16-18-4-1-2-5-21(18)27-24(29)20-11-12-22(28-25(20)30)23-6-3-15-31-23/h1-12,15H,13,16H2,(H,27,29)(H,28,30). The number of ether oxygens (including phenoxy) is 1. The largest absolute Gasteiger partial charge is 0.489 e. The van der Waals surface area contributed by atoms with Crippen molar-refractivity contribution in [1.82, 2.24) is 4.98 Å². The van der Waals surface area contributed by atoms with Crippen molar-refractivity contribution >= 4 is 11.6 Å². The second-order valence-corrected chi connectivity index (χ2v) is 6.97. The van der Waals surface area contributed by atoms with E-state index in [-0.39, 0.29) is 12.2 Å². The number of benzene rings is 2. The van der Waals surface area contributed by atoms with Gasteiger partial charge in [-0.3, -0.25) is 9.59 Å². The Morgan fingerprint density at radius 2 is 1.84 bits per heavy atom. The zero-order valence-electron chi connectivity index (χ0n) is 17.0. The van der Waals surface area contributed by atoms with Gasteiger partial charge < -0.3 is 19.5 Å². The van der Waals surface area contributed by atoms with Crippen molar-refractivity contribution in [2.24, 2.45) is 0 Å². The lowest BCUT2D eigenvalue weighted by Gasteiger charge is -2.12. The van der Waals surface area contributed by atoms with Crippen molar-refractivity contribution in [3.05, 3.63) is 106 Å². The van der Waals surface area contributed by atoms with Gasteiger partial charge in [-0.2, -0.15) is 5.26 Å². The molecule has 4 rings (SSSR count). The number of anilines is 1. The molecule has 0 unspecified atom stereocenters. The third-order valence-corrected chi connectivity index (χ3v) is 4.81. The molecule has 0 radical (unpaired) electrons. The van der Waals surface area contributed by atoms with Gasteiger partial charge in [0.1, 0.15) is 23.7 Å². The van der Waals surface area contributed by atoms with Crippen LogP contribution in [-0.4, -0.2) is 10.9 Å². The molecule has 158 valence electrons. The third-order valence-electron chi connectivity index (χ3n) is 4.81. The molecule has 0 aliphatic rings. The predicted octanol–water partition coefficient (Wildman–Crippen LogP) is 4.53. The fraction of sp³-hybridized carbons (Fsp3) is 0.0800. The lowest BCUT2D eigenvalue weighted by atomic mass is 10.1. The number of pyridine rings is 1. The van der Waals surface area contributed by atoms with E-state index in [2.05, 4.69) is 16.4 Å². The van der Waals surface area contributed by atoms with E-state index in [9.17, 15) is 9.59 Å². The van der Waals surface area contributed by atoms with Gasteiger partial charge in [0, 0.05) is 11.3 Å². The summed E-state index contributed by atoms with van der Waals surface area (Å²) in [7, 11) is 0. The molecule has 0 saturated heterocycles. The maximum atomic E-state index is 12.7. The lowest BCUT2D eigenvalue weighted by Crippen LogP contribution is -2.23. The Balaban J connectivity index is 1.46. The normalized spacial score (nSPS) is 10.3. The Labute approximate surface area is 183 Å². The second kappa shape index (κ2) is 9.49. The van der Waals surface area contributed by atoms with Crippen LogP contribution in [0.5, 0.6) is 5.75 Å². The van der Waals surface area contributed by atoms with E-state index in [1.807, 2.05) is 24.3 Å². The monoisotopic (exact) mass is 425 g/mol. The number of para-hydroxylation sites is 1. The number of nitriles is 1. The molecule has 0 aliphatic carbocycles. The fourth-order valence-electron chi connectivity index (χ4n) is 3.14. The zero-order valence-corrected chi connectivity index (χ0v) is 17.0. The summed E-state index contributed by atoms with van der Waals surface area (Å²) in [6, 6.07) is 23.1. The van der Waals surface area contributed by atoms with Crippen LogP contribution in [0.3, 0.4) is 0 Å². The average Bonchev–Trinajstić information content (AvgIpc) is 3.34. The third kappa shape index (κ3) is 4.77. The summed E-state index contributed by atoms with van der Waals surface area (Å²) in [6.07, 6.45) is 1.85. The van der Waals surface area contributed by atoms with Crippen LogP contribution in [0.1, 0.15) is 21.5 Å². The molecule has 2 aromatic heterocycles. The molecular formula is C25H19N3O4. The first-order valence-electron chi connectivity index (χ1n) is 9.89. The van der Waals surface area contributed by atoms with Gasteiger partial charge in [0.2, 0.25) is 0 Å². The van der Waals surface area contributed by atoms with Crippen molar-refractivity contribution < 1.29 is 13.9 Å². The summed E-state index contributed by atoms with van der Waals surface area (Å²) in [5, 5.41) is 11.5. The molecule has 2 heterocycles. The van der Waals surface area contributed by atoms with Gasteiger partial charge in [0.15, 0.2) is 0 Å². The summed E-state index contributed by atoms with van der Waals surface area (Å²) in [6.45, 7) is 0.224. The number of aromatic amines is 1. The van der Waals surface area contributed by atoms with Crippen LogP contribution in [0, 0.1) is 11.3 Å². The first kappa shape index (κ1) is 20.7. The molecule has 0 aliphatic heterocycles. The molecule has 7 nitrogen and oxygen atoms in total. The van der Waals surface area contributed by atoms with Crippen LogP contribution in [0.15, 0.2) is 88.3 Å². The minimum absolute atomic E-state index is 0.0101. The molecule has 0 fully saturated rings. The Morgan fingerprint density at radius 3 is 2.56 bits per heavy atom. The maximum absolute atomic E-state index is 12.7. The summed E-state index contributed by atoms with van der Waals surface area (Å²) < 4.78 is 11.1. The van der Waals surface area contributed by atoms with Crippen LogP contribution < -0.4 is 15.6 Å². The molecule has 1 amide bonds. The first-order valence-corrected chi connectivity index (χ1v) is 9.89. The number of nitrogens with one attached hydrogen (secondary N) is 2. The molecule has 0 spiro atoms. The summed E-state index contributed by atoms with van der Waals surface area (Å²) in [5.74, 6) is 0.639. The minimum Gasteiger partial charge on any atom is -0.489 e. The number of furan rings is 1. The lowest BCUT2D eigenvalue weighted by molar-refractivity contribution is 0.102. The quantitative estimate of drug-likeness (QED) is 0.452. The second-order valence-electron chi connectivity index (χ2n) is 6.97. The SMILES string of the molecule is N#CCc1ccc(OCc2ccccc2NC(=O)c2ccc(-c3ccco3)[nH]c2=O)cc1. The number of amides is 1. The van der Waals surface area contributed by atoms with Crippen LogP contribution >= 0.6 is 0 Å². The number of carbonyl (C=O) groups is 1. The summed E-state index contributed by atoms with van der Waals surface area (Å²) >= 11 is 0. The Bertz CT molecular complexity index is 1320. The maximum Gasteiger partial charge on any atom is 0.261 e. The smallest absolute Gasteiger partial charge is 0.261 e. The van der Waals surface area contributed by atoms with E-state index < -0.39 is 11.5 Å². The molecule has 0 saturated carbocycles. The number of carbonyl (C=O) groups excluding carboxylic acids is 1. The van der Waals surface area contributed by atoms with Crippen LogP contribution in [0.2, 0.25) is 0 Å². The molecule has 0 bridgehead atoms. The van der Waals surface area contributed by atoms with E-state index in [1.165, 1.54) is 12.3 Å². The van der Waals surface area contributed by atoms with Crippen molar-refractivity contribution in [1.29, 1.82) is 5.26 Å². The van der Waals surface area contributed by atoms with Gasteiger partial charge in [-0.1, -0.05) is 30.3 Å². The van der Waals surface area contributed by atoms with Crippen molar-refractivity contribution in [3.63, 3.8) is 0 Å². The molecular weight excluding hydrogens is 406 g/mol. The van der Waals surface area contributed by atoms with E-state index in [0.29, 0.717) is 29.3 Å². The van der Waals surface area contributed by atoms with Gasteiger partial charge in [0.05, 0.1) is 24.4 Å². The number of hydrogen-bond donors (Lipinski definition) is 2. The van der Waals surface area contributed by atoms with Gasteiger partial charge in [-0.25, -0.2) is 0 Å². The van der Waals surface area contributed by atoms with E-state index in [1.54, 1.807) is 42.5 Å². The number of H-pyrrole nitrogens is 1. The average molecular weight is 425 g/mol. The van der Waals surface area contributed by atoms with Gasteiger partial charge in [0.25, 0.3) is 11.5 Å². The van der Waals surface area contributed by atoms with Crippen molar-refractivity contribution in [2.75, 3.05) is 5.32 Å². The van der Waals surface area contributed by atoms with Gasteiger partial charge >= 0.3 is 0 Å². The Kier molecular flexibility index (Phi) is 6.14. The zero-order chi connectivity index (χ0) is 22.3. The predicted molar refractivity (Wildman–Crippen MR) is 119 cm³/mol. The summed E-state index contributed by atoms with van der Waals surface area (Å²) in [5.41, 5.74) is 2.19. The molecule has 2 N–H and O–H groups in total. The topological polar surface area (TPSA) is 108 Å². The van der Waals surface area contributed by atoms with Crippen LogP contribution in [-0.2, 0) is 13.0 Å². The highest BCUT2D eigenvalue weighted by atomic mass is 16.5. The number of nitrogens with zero attached hydrogens (tertiary/aromatic N) is 1. The first-order chi connectivity index (χ1) is 15.6. The Hall–Kier alpha value is -4.57. The minimum atomic E-state index is -0.523. The molecule has 4 aromatic rings. The van der Waals surface area contributed by atoms with Crippen LogP contribution in [0.4, 0.5) is 5.69 Å². The number of hydrogen-bond acceptors (Lipinski definition) is 5. The highest BCUT2D eigenvalue weighted by molar-refractivity contribution is 6.04. The highest BCUT2D eigenvalue weighted by Gasteiger charge is 2.14. The summed E-state index contributed by atoms with van der Waals surface area (Å²) in [4.78, 5) is 27.8. The number of rotatable bonds is 7. The van der Waals surface area contributed by atoms with Crippen molar-refractivity contribution in [3.8, 4) is 23.3 Å². The van der Waals surface area contributed by atoms with Crippen molar-refractivity contribution in [2.45, 2.75) is 13.0 Å². The number of aromatic nitrogens is 1. The molecule has 32 heavy (non-hydrogen) atoms. The molecule has 0 atom stereocenters. The van der Waals surface area contributed by atoms with E-state index in [4.69, 9.17) is 14.4 Å². The fourth-order valence-corrected chi connectivity index (χ4v) is 3.14. The molecule has 7 heteroatoms. The van der Waals surface area contributed by atoms with Gasteiger partial charge in [-0.15, -0.1) is 0 Å². The molecule has 2 aromatic carbocycles.